The van der Waals surface area contributed by atoms with Crippen LogP contribution in [-0.4, -0.2) is 35.2 Å². The Morgan fingerprint density at radius 2 is 1.56 bits per heavy atom. The van der Waals surface area contributed by atoms with E-state index in [1.54, 1.807) is 31.2 Å². The molecule has 0 unspecified atom stereocenters. The van der Waals surface area contributed by atoms with Crippen molar-refractivity contribution in [2.45, 2.75) is 33.6 Å². The highest BCUT2D eigenvalue weighted by atomic mass is 16.5. The Morgan fingerprint density at radius 3 is 2.11 bits per heavy atom. The van der Waals surface area contributed by atoms with E-state index in [2.05, 4.69) is 0 Å². The van der Waals surface area contributed by atoms with Crippen LogP contribution >= 0.6 is 0 Å². The van der Waals surface area contributed by atoms with Gasteiger partial charge in [0.25, 0.3) is 0 Å². The molecule has 2 rings (SSSR count). The molecule has 0 aliphatic carbocycles. The number of carbonyl (C=O) groups is 2. The van der Waals surface area contributed by atoms with Gasteiger partial charge in [-0.15, -0.1) is 0 Å². The van der Waals surface area contributed by atoms with Gasteiger partial charge in [-0.1, -0.05) is 0 Å². The minimum absolute atomic E-state index is 0.0383. The molecular formula is C21H24O6. The Hall–Kier alpha value is -3.02. The fraction of sp³-hybridized carbons (Fsp3) is 0.333. The number of ketones is 1. The molecule has 0 saturated heterocycles. The van der Waals surface area contributed by atoms with Crippen LogP contribution in [0, 0.1) is 13.8 Å². The van der Waals surface area contributed by atoms with E-state index in [1.165, 1.54) is 13.0 Å². The summed E-state index contributed by atoms with van der Waals surface area (Å²) >= 11 is 0. The summed E-state index contributed by atoms with van der Waals surface area (Å²) in [7, 11) is 0. The minimum atomic E-state index is -0.959. The molecule has 0 heterocycles. The third-order valence-corrected chi connectivity index (χ3v) is 4.24. The highest BCUT2D eigenvalue weighted by molar-refractivity contribution is 5.97. The average molecular weight is 372 g/mol. The number of aromatic carboxylic acids is 1. The SMILES string of the molecule is CC(=O)c1ccc(OCCCCOc2ccc(C(=O)O)cc2C)c(C)c1O. The van der Waals surface area contributed by atoms with Gasteiger partial charge in [0.05, 0.1) is 24.3 Å². The van der Waals surface area contributed by atoms with Crippen LogP contribution in [0.25, 0.3) is 0 Å². The standard InChI is InChI=1S/C21H24O6/c1-13-12-16(21(24)25)6-8-18(13)26-10-4-5-11-27-19-9-7-17(15(3)22)20(23)14(19)2/h6-9,12,23H,4-5,10-11H2,1-3H3,(H,24,25). The second-order valence-electron chi connectivity index (χ2n) is 6.33. The van der Waals surface area contributed by atoms with Gasteiger partial charge in [0.15, 0.2) is 5.78 Å². The number of carboxylic acid groups (broad SMARTS) is 1. The number of phenolic OH excluding ortho intramolecular Hbond substituents is 1. The van der Waals surface area contributed by atoms with Crippen molar-refractivity contribution in [3.05, 3.63) is 52.6 Å². The zero-order chi connectivity index (χ0) is 20.0. The Morgan fingerprint density at radius 1 is 0.963 bits per heavy atom. The second-order valence-corrected chi connectivity index (χ2v) is 6.33. The van der Waals surface area contributed by atoms with Crippen molar-refractivity contribution in [2.24, 2.45) is 0 Å². The molecule has 144 valence electrons. The van der Waals surface area contributed by atoms with Gasteiger partial charge in [-0.05, 0) is 69.5 Å². The lowest BCUT2D eigenvalue weighted by Gasteiger charge is -2.13. The summed E-state index contributed by atoms with van der Waals surface area (Å²) in [6.45, 7) is 5.88. The third-order valence-electron chi connectivity index (χ3n) is 4.24. The molecular weight excluding hydrogens is 348 g/mol. The van der Waals surface area contributed by atoms with Crippen molar-refractivity contribution in [1.82, 2.24) is 0 Å². The Labute approximate surface area is 158 Å². The maximum Gasteiger partial charge on any atom is 0.335 e. The molecule has 0 aromatic heterocycles. The molecule has 27 heavy (non-hydrogen) atoms. The number of aryl methyl sites for hydroxylation is 1. The van der Waals surface area contributed by atoms with Crippen LogP contribution in [0.15, 0.2) is 30.3 Å². The Kier molecular flexibility index (Phi) is 6.82. The smallest absolute Gasteiger partial charge is 0.335 e. The number of aromatic hydroxyl groups is 1. The maximum absolute atomic E-state index is 11.4. The van der Waals surface area contributed by atoms with Gasteiger partial charge in [0.1, 0.15) is 17.2 Å². The molecule has 0 bridgehead atoms. The lowest BCUT2D eigenvalue weighted by atomic mass is 10.1. The van der Waals surface area contributed by atoms with E-state index < -0.39 is 5.97 Å². The number of rotatable bonds is 9. The van der Waals surface area contributed by atoms with Gasteiger partial charge in [-0.25, -0.2) is 4.79 Å². The monoisotopic (exact) mass is 372 g/mol. The predicted molar refractivity (Wildman–Crippen MR) is 101 cm³/mol. The topological polar surface area (TPSA) is 93.1 Å². The number of hydrogen-bond donors (Lipinski definition) is 2. The molecule has 0 amide bonds. The molecule has 0 saturated carbocycles. The fourth-order valence-electron chi connectivity index (χ4n) is 2.63. The summed E-state index contributed by atoms with van der Waals surface area (Å²) in [6.07, 6.45) is 1.51. The zero-order valence-electron chi connectivity index (χ0n) is 15.7. The van der Waals surface area contributed by atoms with Gasteiger partial charge in [-0.3, -0.25) is 4.79 Å². The molecule has 0 radical (unpaired) electrons. The lowest BCUT2D eigenvalue weighted by Crippen LogP contribution is -2.05. The van der Waals surface area contributed by atoms with E-state index in [0.29, 0.717) is 30.3 Å². The predicted octanol–water partition coefficient (Wildman–Crippen LogP) is 4.15. The lowest BCUT2D eigenvalue weighted by molar-refractivity contribution is 0.0696. The highest BCUT2D eigenvalue weighted by Crippen LogP contribution is 2.30. The number of carbonyl (C=O) groups excluding carboxylic acids is 1. The average Bonchev–Trinajstić information content (AvgIpc) is 2.62. The van der Waals surface area contributed by atoms with Crippen molar-refractivity contribution >= 4 is 11.8 Å². The molecule has 2 aromatic rings. The first-order valence-electron chi connectivity index (χ1n) is 8.74. The number of carboxylic acids is 1. The molecule has 6 heteroatoms. The van der Waals surface area contributed by atoms with E-state index in [9.17, 15) is 14.7 Å². The van der Waals surface area contributed by atoms with Crippen LogP contribution in [0.2, 0.25) is 0 Å². The van der Waals surface area contributed by atoms with Crippen LogP contribution in [0.4, 0.5) is 0 Å². The first-order chi connectivity index (χ1) is 12.8. The molecule has 0 spiro atoms. The van der Waals surface area contributed by atoms with Gasteiger partial charge >= 0.3 is 5.97 Å². The van der Waals surface area contributed by atoms with Gasteiger partial charge in [0, 0.05) is 5.56 Å². The van der Waals surface area contributed by atoms with Crippen LogP contribution in [0.1, 0.15) is 51.6 Å². The Bertz CT molecular complexity index is 841. The van der Waals surface area contributed by atoms with Crippen LogP contribution in [-0.2, 0) is 0 Å². The van der Waals surface area contributed by atoms with Crippen molar-refractivity contribution in [1.29, 1.82) is 0 Å². The molecule has 0 fully saturated rings. The molecule has 0 aliphatic heterocycles. The third kappa shape index (κ3) is 5.23. The summed E-state index contributed by atoms with van der Waals surface area (Å²) in [4.78, 5) is 22.3. The van der Waals surface area contributed by atoms with E-state index in [4.69, 9.17) is 14.6 Å². The largest absolute Gasteiger partial charge is 0.507 e. The summed E-state index contributed by atoms with van der Waals surface area (Å²) in [6, 6.07) is 8.02. The van der Waals surface area contributed by atoms with Gasteiger partial charge in [0.2, 0.25) is 0 Å². The first-order valence-corrected chi connectivity index (χ1v) is 8.74. The van der Waals surface area contributed by atoms with Crippen LogP contribution in [0.5, 0.6) is 17.2 Å². The van der Waals surface area contributed by atoms with Crippen LogP contribution in [0.3, 0.4) is 0 Å². The van der Waals surface area contributed by atoms with E-state index in [1.807, 2.05) is 6.92 Å². The molecule has 6 nitrogen and oxygen atoms in total. The number of hydrogen-bond acceptors (Lipinski definition) is 5. The number of unbranched alkanes of at least 4 members (excludes halogenated alkanes) is 1. The normalized spacial score (nSPS) is 10.5. The summed E-state index contributed by atoms with van der Waals surface area (Å²) in [5.41, 5.74) is 1.86. The van der Waals surface area contributed by atoms with E-state index in [0.717, 1.165) is 18.4 Å². The molecule has 0 atom stereocenters. The summed E-state index contributed by atoms with van der Waals surface area (Å²) in [5, 5.41) is 19.0. The minimum Gasteiger partial charge on any atom is -0.507 e. The van der Waals surface area contributed by atoms with Gasteiger partial charge in [-0.2, -0.15) is 0 Å². The van der Waals surface area contributed by atoms with Gasteiger partial charge < -0.3 is 19.7 Å². The zero-order valence-corrected chi connectivity index (χ0v) is 15.7. The van der Waals surface area contributed by atoms with Crippen LogP contribution < -0.4 is 9.47 Å². The molecule has 2 aromatic carbocycles. The van der Waals surface area contributed by atoms with E-state index >= 15 is 0 Å². The van der Waals surface area contributed by atoms with Crippen molar-refractivity contribution in [3.8, 4) is 17.2 Å². The maximum atomic E-state index is 11.4. The van der Waals surface area contributed by atoms with E-state index in [-0.39, 0.29) is 22.7 Å². The van der Waals surface area contributed by atoms with Crippen molar-refractivity contribution in [3.63, 3.8) is 0 Å². The fourth-order valence-corrected chi connectivity index (χ4v) is 2.63. The van der Waals surface area contributed by atoms with Crippen molar-refractivity contribution < 1.29 is 29.3 Å². The first kappa shape index (κ1) is 20.3. The van der Waals surface area contributed by atoms with Crippen molar-refractivity contribution in [2.75, 3.05) is 13.2 Å². The number of phenols is 1. The molecule has 2 N–H and O–H groups in total. The number of benzene rings is 2. The molecule has 0 aliphatic rings. The summed E-state index contributed by atoms with van der Waals surface area (Å²) < 4.78 is 11.4. The Balaban J connectivity index is 1.77. The quantitative estimate of drug-likeness (QED) is 0.507. The number of Topliss-reactive ketones (excluding diaryl/α,β-unsaturated/α-hetero) is 1. The second kappa shape index (κ2) is 9.07. The number of ether oxygens (including phenoxy) is 2. The summed E-state index contributed by atoms with van der Waals surface area (Å²) in [5.74, 6) is 0.0362. The highest BCUT2D eigenvalue weighted by Gasteiger charge is 2.13.